The van der Waals surface area contributed by atoms with Crippen molar-refractivity contribution in [1.29, 1.82) is 0 Å². The van der Waals surface area contributed by atoms with Crippen molar-refractivity contribution in [1.82, 2.24) is 5.32 Å². The maximum atomic E-state index is 11.4. The van der Waals surface area contributed by atoms with Crippen LogP contribution in [0.1, 0.15) is 26.7 Å². The van der Waals surface area contributed by atoms with Crippen LogP contribution in [0.5, 0.6) is 0 Å². The van der Waals surface area contributed by atoms with E-state index in [1.54, 1.807) is 6.92 Å². The Labute approximate surface area is 85.3 Å². The van der Waals surface area contributed by atoms with Crippen LogP contribution >= 0.6 is 12.6 Å². The highest BCUT2D eigenvalue weighted by atomic mass is 32.1. The summed E-state index contributed by atoms with van der Waals surface area (Å²) in [5.41, 5.74) is 0. The average Bonchev–Trinajstić information content (AvgIpc) is 2.10. The molecule has 0 aliphatic carbocycles. The van der Waals surface area contributed by atoms with E-state index in [9.17, 15) is 4.79 Å². The predicted molar refractivity (Wildman–Crippen MR) is 56.9 cm³/mol. The van der Waals surface area contributed by atoms with Crippen LogP contribution in [-0.2, 0) is 4.79 Å². The predicted octanol–water partition coefficient (Wildman–Crippen LogP) is 0.829. The van der Waals surface area contributed by atoms with Crippen LogP contribution in [0.25, 0.3) is 0 Å². The molecule has 0 saturated heterocycles. The maximum absolute atomic E-state index is 11.4. The Kier molecular flexibility index (Phi) is 7.09. The molecule has 2 N–H and O–H groups in total. The second-order valence-corrected chi connectivity index (χ2v) is 3.66. The Balaban J connectivity index is 3.77. The third-order valence-electron chi connectivity index (χ3n) is 1.91. The van der Waals surface area contributed by atoms with E-state index in [-0.39, 0.29) is 11.8 Å². The summed E-state index contributed by atoms with van der Waals surface area (Å²) < 4.78 is 0. The van der Waals surface area contributed by atoms with Gasteiger partial charge >= 0.3 is 0 Å². The SMILES string of the molecule is CCC(CCS)C(=O)NCC(C)O. The molecule has 2 unspecified atom stereocenters. The average molecular weight is 205 g/mol. The summed E-state index contributed by atoms with van der Waals surface area (Å²) in [6, 6.07) is 0. The fourth-order valence-electron chi connectivity index (χ4n) is 1.07. The molecule has 0 aliphatic rings. The van der Waals surface area contributed by atoms with Gasteiger partial charge in [0.1, 0.15) is 0 Å². The molecule has 0 spiro atoms. The summed E-state index contributed by atoms with van der Waals surface area (Å²) in [5, 5.41) is 11.7. The van der Waals surface area contributed by atoms with Crippen molar-refractivity contribution < 1.29 is 9.90 Å². The Morgan fingerprint density at radius 2 is 2.23 bits per heavy atom. The fourth-order valence-corrected chi connectivity index (χ4v) is 1.38. The molecule has 0 bridgehead atoms. The maximum Gasteiger partial charge on any atom is 0.223 e. The van der Waals surface area contributed by atoms with Crippen LogP contribution in [0.2, 0.25) is 0 Å². The van der Waals surface area contributed by atoms with Gasteiger partial charge in [0.15, 0.2) is 0 Å². The van der Waals surface area contributed by atoms with Crippen LogP contribution < -0.4 is 5.32 Å². The van der Waals surface area contributed by atoms with E-state index in [0.29, 0.717) is 6.54 Å². The third-order valence-corrected chi connectivity index (χ3v) is 2.17. The lowest BCUT2D eigenvalue weighted by molar-refractivity contribution is -0.125. The highest BCUT2D eigenvalue weighted by molar-refractivity contribution is 7.80. The first-order valence-corrected chi connectivity index (χ1v) is 5.31. The number of aliphatic hydroxyl groups excluding tert-OH is 1. The Bertz CT molecular complexity index is 151. The van der Waals surface area contributed by atoms with Crippen LogP contribution in [-0.4, -0.2) is 29.4 Å². The van der Waals surface area contributed by atoms with Crippen molar-refractivity contribution in [3.05, 3.63) is 0 Å². The Morgan fingerprint density at radius 1 is 1.62 bits per heavy atom. The van der Waals surface area contributed by atoms with Gasteiger partial charge in [-0.05, 0) is 25.5 Å². The highest BCUT2D eigenvalue weighted by Gasteiger charge is 2.14. The van der Waals surface area contributed by atoms with Gasteiger partial charge in [0.2, 0.25) is 5.91 Å². The van der Waals surface area contributed by atoms with E-state index in [0.717, 1.165) is 18.6 Å². The zero-order chi connectivity index (χ0) is 10.3. The molecule has 0 aromatic rings. The molecule has 1 amide bonds. The van der Waals surface area contributed by atoms with Crippen LogP contribution in [0, 0.1) is 5.92 Å². The van der Waals surface area contributed by atoms with Gasteiger partial charge in [-0.1, -0.05) is 6.92 Å². The van der Waals surface area contributed by atoms with Gasteiger partial charge in [0, 0.05) is 12.5 Å². The minimum atomic E-state index is -0.475. The number of aliphatic hydroxyl groups is 1. The molecular weight excluding hydrogens is 186 g/mol. The van der Waals surface area contributed by atoms with E-state index in [1.807, 2.05) is 6.92 Å². The molecule has 3 nitrogen and oxygen atoms in total. The van der Waals surface area contributed by atoms with Crippen LogP contribution in [0.15, 0.2) is 0 Å². The van der Waals surface area contributed by atoms with E-state index in [4.69, 9.17) is 5.11 Å². The molecule has 0 radical (unpaired) electrons. The molecule has 4 heteroatoms. The van der Waals surface area contributed by atoms with Gasteiger partial charge in [0.05, 0.1) is 6.10 Å². The highest BCUT2D eigenvalue weighted by Crippen LogP contribution is 2.08. The Morgan fingerprint density at radius 3 is 2.62 bits per heavy atom. The van der Waals surface area contributed by atoms with Gasteiger partial charge in [0.25, 0.3) is 0 Å². The molecular formula is C9H19NO2S. The summed E-state index contributed by atoms with van der Waals surface area (Å²) >= 11 is 4.09. The van der Waals surface area contributed by atoms with Gasteiger partial charge in [-0.25, -0.2) is 0 Å². The summed E-state index contributed by atoms with van der Waals surface area (Å²) in [5.74, 6) is 0.786. The summed E-state index contributed by atoms with van der Waals surface area (Å²) in [6.45, 7) is 3.97. The first-order valence-electron chi connectivity index (χ1n) is 4.68. The first kappa shape index (κ1) is 12.8. The number of carbonyl (C=O) groups is 1. The largest absolute Gasteiger partial charge is 0.392 e. The normalized spacial score (nSPS) is 15.1. The standard InChI is InChI=1S/C9H19NO2S/c1-3-8(4-5-13)9(12)10-6-7(2)11/h7-8,11,13H,3-6H2,1-2H3,(H,10,12). The number of rotatable bonds is 6. The van der Waals surface area contributed by atoms with E-state index in [1.165, 1.54) is 0 Å². The zero-order valence-electron chi connectivity index (χ0n) is 8.29. The number of thiol groups is 1. The number of amides is 1. The van der Waals surface area contributed by atoms with Crippen molar-refractivity contribution in [2.45, 2.75) is 32.8 Å². The van der Waals surface area contributed by atoms with Gasteiger partial charge in [-0.3, -0.25) is 4.79 Å². The topological polar surface area (TPSA) is 49.3 Å². The number of hydrogen-bond donors (Lipinski definition) is 3. The van der Waals surface area contributed by atoms with Gasteiger partial charge < -0.3 is 10.4 Å². The minimum absolute atomic E-state index is 0.0254. The molecule has 0 saturated carbocycles. The summed E-state index contributed by atoms with van der Waals surface area (Å²) in [7, 11) is 0. The summed E-state index contributed by atoms with van der Waals surface area (Å²) in [6.07, 6.45) is 1.15. The lowest BCUT2D eigenvalue weighted by Gasteiger charge is -2.14. The van der Waals surface area contributed by atoms with Crippen LogP contribution in [0.4, 0.5) is 0 Å². The second-order valence-electron chi connectivity index (χ2n) is 3.21. The lowest BCUT2D eigenvalue weighted by Crippen LogP contribution is -2.35. The van der Waals surface area contributed by atoms with E-state index in [2.05, 4.69) is 17.9 Å². The lowest BCUT2D eigenvalue weighted by atomic mass is 10.0. The second kappa shape index (κ2) is 7.21. The van der Waals surface area contributed by atoms with Crippen molar-refractivity contribution >= 4 is 18.5 Å². The molecule has 0 heterocycles. The molecule has 78 valence electrons. The molecule has 0 aromatic carbocycles. The molecule has 0 aromatic heterocycles. The number of carbonyl (C=O) groups excluding carboxylic acids is 1. The minimum Gasteiger partial charge on any atom is -0.392 e. The quantitative estimate of drug-likeness (QED) is 0.563. The van der Waals surface area contributed by atoms with Crippen LogP contribution in [0.3, 0.4) is 0 Å². The van der Waals surface area contributed by atoms with Gasteiger partial charge in [-0.15, -0.1) is 0 Å². The van der Waals surface area contributed by atoms with Crippen molar-refractivity contribution in [3.63, 3.8) is 0 Å². The monoisotopic (exact) mass is 205 g/mol. The molecule has 0 fully saturated rings. The molecule has 0 aliphatic heterocycles. The van der Waals surface area contributed by atoms with Crippen molar-refractivity contribution in [3.8, 4) is 0 Å². The molecule has 2 atom stereocenters. The third kappa shape index (κ3) is 5.93. The molecule has 0 rings (SSSR count). The van der Waals surface area contributed by atoms with Crippen molar-refractivity contribution in [2.75, 3.05) is 12.3 Å². The smallest absolute Gasteiger partial charge is 0.223 e. The number of hydrogen-bond acceptors (Lipinski definition) is 3. The first-order chi connectivity index (χ1) is 6.11. The van der Waals surface area contributed by atoms with Crippen molar-refractivity contribution in [2.24, 2.45) is 5.92 Å². The fraction of sp³-hybridized carbons (Fsp3) is 0.889. The Hall–Kier alpha value is -0.220. The van der Waals surface area contributed by atoms with E-state index < -0.39 is 6.10 Å². The van der Waals surface area contributed by atoms with E-state index >= 15 is 0 Å². The zero-order valence-corrected chi connectivity index (χ0v) is 9.18. The van der Waals surface area contributed by atoms with Gasteiger partial charge in [-0.2, -0.15) is 12.6 Å². The molecule has 13 heavy (non-hydrogen) atoms. The number of nitrogens with one attached hydrogen (secondary N) is 1. The summed E-state index contributed by atoms with van der Waals surface area (Å²) in [4.78, 5) is 11.4.